The number of piperidine rings is 1. The monoisotopic (exact) mass is 432 g/mol. The molecule has 4 rings (SSSR count). The zero-order chi connectivity index (χ0) is 21.4. The van der Waals surface area contributed by atoms with E-state index in [1.54, 1.807) is 12.1 Å². The van der Waals surface area contributed by atoms with E-state index in [1.807, 2.05) is 18.2 Å². The zero-order valence-corrected chi connectivity index (χ0v) is 18.4. The highest BCUT2D eigenvalue weighted by atomic mass is 35.5. The fraction of sp³-hybridized carbons (Fsp3) is 0.500. The molecule has 0 saturated carbocycles. The molecule has 0 aromatic heterocycles. The molecular weight excluding hydrogens is 403 g/mol. The molecule has 2 heterocycles. The van der Waals surface area contributed by atoms with Gasteiger partial charge in [-0.2, -0.15) is 0 Å². The number of rotatable bonds is 5. The van der Waals surface area contributed by atoms with E-state index in [0.29, 0.717) is 17.9 Å². The Hall–Kier alpha value is -1.82. The van der Waals surface area contributed by atoms with Gasteiger partial charge in [-0.1, -0.05) is 37.6 Å². The Morgan fingerprint density at radius 3 is 2.73 bits per heavy atom. The van der Waals surface area contributed by atoms with E-state index >= 15 is 0 Å². The van der Waals surface area contributed by atoms with E-state index in [9.17, 15) is 9.50 Å². The van der Waals surface area contributed by atoms with Crippen LogP contribution in [0.25, 0.3) is 0 Å². The van der Waals surface area contributed by atoms with E-state index in [4.69, 9.17) is 16.3 Å². The summed E-state index contributed by atoms with van der Waals surface area (Å²) in [5.41, 5.74) is 0.849. The molecule has 0 bridgehead atoms. The minimum atomic E-state index is -0.803. The number of ether oxygens (including phenoxy) is 1. The van der Waals surface area contributed by atoms with Crippen molar-refractivity contribution in [2.75, 3.05) is 31.5 Å². The third-order valence-corrected chi connectivity index (χ3v) is 6.89. The molecule has 2 unspecified atom stereocenters. The van der Waals surface area contributed by atoms with Crippen LogP contribution < -0.4 is 10.1 Å². The molecule has 2 aliphatic rings. The van der Waals surface area contributed by atoms with Crippen LogP contribution in [0, 0.1) is 11.2 Å². The predicted molar refractivity (Wildman–Crippen MR) is 119 cm³/mol. The molecule has 0 spiro atoms. The summed E-state index contributed by atoms with van der Waals surface area (Å²) in [5.74, 6) is 0.605. The second-order valence-corrected chi connectivity index (χ2v) is 9.73. The van der Waals surface area contributed by atoms with Crippen molar-refractivity contribution in [2.45, 2.75) is 44.8 Å². The number of fused-ring (bicyclic) bond motifs is 1. The van der Waals surface area contributed by atoms with E-state index in [0.717, 1.165) is 49.6 Å². The Labute approximate surface area is 183 Å². The Balaban J connectivity index is 1.32. The normalized spacial score (nSPS) is 25.8. The first-order valence-electron chi connectivity index (χ1n) is 10.6. The molecule has 1 fully saturated rings. The lowest BCUT2D eigenvalue weighted by Crippen LogP contribution is -2.58. The van der Waals surface area contributed by atoms with Crippen molar-refractivity contribution < 1.29 is 14.2 Å². The van der Waals surface area contributed by atoms with Gasteiger partial charge in [-0.25, -0.2) is 4.39 Å². The second-order valence-electron chi connectivity index (χ2n) is 9.29. The smallest absolute Gasteiger partial charge is 0.143 e. The van der Waals surface area contributed by atoms with Gasteiger partial charge in [0, 0.05) is 36.5 Å². The molecule has 162 valence electrons. The Morgan fingerprint density at radius 1 is 1.23 bits per heavy atom. The summed E-state index contributed by atoms with van der Waals surface area (Å²) in [4.78, 5) is 2.42. The minimum absolute atomic E-state index is 0.113. The van der Waals surface area contributed by atoms with Gasteiger partial charge in [-0.3, -0.25) is 0 Å². The number of likely N-dealkylation sites (tertiary alicyclic amines) is 1. The van der Waals surface area contributed by atoms with Crippen molar-refractivity contribution in [1.29, 1.82) is 0 Å². The van der Waals surface area contributed by atoms with Crippen molar-refractivity contribution in [3.05, 3.63) is 58.9 Å². The average Bonchev–Trinajstić information content (AvgIpc) is 2.71. The predicted octanol–water partition coefficient (Wildman–Crippen LogP) is 4.75. The number of halogens is 2. The number of hydrogen-bond acceptors (Lipinski definition) is 4. The summed E-state index contributed by atoms with van der Waals surface area (Å²) in [5, 5.41) is 15.5. The molecule has 30 heavy (non-hydrogen) atoms. The minimum Gasteiger partial charge on any atom is -0.486 e. The van der Waals surface area contributed by atoms with Crippen molar-refractivity contribution in [2.24, 2.45) is 5.41 Å². The number of nitrogens with zero attached hydrogens (tertiary/aromatic N) is 1. The maximum absolute atomic E-state index is 13.2. The number of nitrogens with one attached hydrogen (secondary N) is 1. The molecule has 4 nitrogen and oxygen atoms in total. The van der Waals surface area contributed by atoms with E-state index in [1.165, 1.54) is 12.1 Å². The molecular formula is C24H30ClFN2O2. The van der Waals surface area contributed by atoms with Crippen LogP contribution >= 0.6 is 11.6 Å². The van der Waals surface area contributed by atoms with Gasteiger partial charge in [0.25, 0.3) is 0 Å². The second kappa shape index (κ2) is 8.37. The summed E-state index contributed by atoms with van der Waals surface area (Å²) in [6, 6.07) is 12.1. The lowest BCUT2D eigenvalue weighted by atomic mass is 9.67. The van der Waals surface area contributed by atoms with E-state index < -0.39 is 5.60 Å². The maximum atomic E-state index is 13.2. The molecule has 2 atom stereocenters. The van der Waals surface area contributed by atoms with Crippen LogP contribution in [-0.4, -0.2) is 47.9 Å². The van der Waals surface area contributed by atoms with Gasteiger partial charge < -0.3 is 20.1 Å². The van der Waals surface area contributed by atoms with E-state index in [-0.39, 0.29) is 17.3 Å². The van der Waals surface area contributed by atoms with Crippen LogP contribution in [0.1, 0.15) is 32.3 Å². The number of hydrogen-bond donors (Lipinski definition) is 2. The summed E-state index contributed by atoms with van der Waals surface area (Å²) in [6.45, 7) is 7.59. The highest BCUT2D eigenvalue weighted by Crippen LogP contribution is 2.41. The van der Waals surface area contributed by atoms with Crippen molar-refractivity contribution >= 4 is 17.3 Å². The molecule has 2 N–H and O–H groups in total. The third-order valence-electron chi connectivity index (χ3n) is 6.65. The molecule has 0 amide bonds. The number of anilines is 1. The van der Waals surface area contributed by atoms with Crippen LogP contribution in [0.2, 0.25) is 5.02 Å². The maximum Gasteiger partial charge on any atom is 0.143 e. The fourth-order valence-corrected chi connectivity index (χ4v) is 4.77. The van der Waals surface area contributed by atoms with Gasteiger partial charge >= 0.3 is 0 Å². The SMILES string of the molecule is CC1(C)CN(CCC2CNc3cc(Cl)ccc3O2)CCC1(O)Cc1ccc(F)cc1. The molecule has 1 saturated heterocycles. The average molecular weight is 433 g/mol. The molecule has 0 aliphatic carbocycles. The van der Waals surface area contributed by atoms with Gasteiger partial charge in [0.15, 0.2) is 0 Å². The largest absolute Gasteiger partial charge is 0.486 e. The highest BCUT2D eigenvalue weighted by Gasteiger charge is 2.47. The number of aliphatic hydroxyl groups is 1. The lowest BCUT2D eigenvalue weighted by Gasteiger charge is -2.51. The summed E-state index contributed by atoms with van der Waals surface area (Å²) >= 11 is 6.04. The van der Waals surface area contributed by atoms with Crippen LogP contribution in [0.15, 0.2) is 42.5 Å². The van der Waals surface area contributed by atoms with Gasteiger partial charge in [-0.05, 0) is 48.7 Å². The van der Waals surface area contributed by atoms with Gasteiger partial charge in [0.1, 0.15) is 17.7 Å². The summed E-state index contributed by atoms with van der Waals surface area (Å²) in [7, 11) is 0. The topological polar surface area (TPSA) is 44.7 Å². The van der Waals surface area contributed by atoms with Gasteiger partial charge in [-0.15, -0.1) is 0 Å². The zero-order valence-electron chi connectivity index (χ0n) is 17.6. The van der Waals surface area contributed by atoms with Crippen LogP contribution in [0.5, 0.6) is 5.75 Å². The van der Waals surface area contributed by atoms with E-state index in [2.05, 4.69) is 24.1 Å². The Bertz CT molecular complexity index is 889. The standard InChI is InChI=1S/C24H30ClFN2O2/c1-23(2)16-28(12-10-24(23,29)14-17-3-6-19(26)7-4-17)11-9-20-15-27-21-13-18(25)5-8-22(21)30-20/h3-8,13,20,27,29H,9-12,14-16H2,1-2H3. The van der Waals surface area contributed by atoms with Gasteiger partial charge in [0.05, 0.1) is 17.8 Å². The number of benzene rings is 2. The fourth-order valence-electron chi connectivity index (χ4n) is 4.60. The Kier molecular flexibility index (Phi) is 5.97. The molecule has 2 aromatic rings. The van der Waals surface area contributed by atoms with Crippen molar-refractivity contribution in [3.8, 4) is 5.75 Å². The first-order chi connectivity index (χ1) is 14.2. The van der Waals surface area contributed by atoms with Crippen molar-refractivity contribution in [3.63, 3.8) is 0 Å². The van der Waals surface area contributed by atoms with Crippen molar-refractivity contribution in [1.82, 2.24) is 4.90 Å². The quantitative estimate of drug-likeness (QED) is 0.715. The summed E-state index contributed by atoms with van der Waals surface area (Å²) in [6.07, 6.45) is 2.27. The third kappa shape index (κ3) is 4.58. The van der Waals surface area contributed by atoms with Gasteiger partial charge in [0.2, 0.25) is 0 Å². The van der Waals surface area contributed by atoms with Crippen LogP contribution in [0.4, 0.5) is 10.1 Å². The first kappa shape index (κ1) is 21.4. The molecule has 2 aliphatic heterocycles. The Morgan fingerprint density at radius 2 is 2.00 bits per heavy atom. The summed E-state index contributed by atoms with van der Waals surface area (Å²) < 4.78 is 19.3. The molecule has 0 radical (unpaired) electrons. The highest BCUT2D eigenvalue weighted by molar-refractivity contribution is 6.30. The molecule has 2 aromatic carbocycles. The van der Waals surface area contributed by atoms with Crippen LogP contribution in [-0.2, 0) is 6.42 Å². The first-order valence-corrected chi connectivity index (χ1v) is 11.0. The lowest BCUT2D eigenvalue weighted by molar-refractivity contribution is -0.118. The van der Waals surface area contributed by atoms with Crippen LogP contribution in [0.3, 0.4) is 0 Å². The molecule has 6 heteroatoms.